The van der Waals surface area contributed by atoms with Crippen molar-refractivity contribution in [3.63, 3.8) is 0 Å². The molecule has 0 spiro atoms. The van der Waals surface area contributed by atoms with E-state index >= 15 is 0 Å². The summed E-state index contributed by atoms with van der Waals surface area (Å²) in [7, 11) is 0. The lowest BCUT2D eigenvalue weighted by molar-refractivity contribution is -0.113. The molecule has 156 valence electrons. The minimum atomic E-state index is -0.358. The van der Waals surface area contributed by atoms with Crippen LogP contribution < -0.4 is 5.32 Å². The Morgan fingerprint density at radius 2 is 2.03 bits per heavy atom. The van der Waals surface area contributed by atoms with Crippen molar-refractivity contribution >= 4 is 40.0 Å². The lowest BCUT2D eigenvalue weighted by Crippen LogP contribution is -2.17. The van der Waals surface area contributed by atoms with Crippen LogP contribution >= 0.6 is 23.1 Å². The second-order valence-electron chi connectivity index (χ2n) is 6.78. The number of rotatable bonds is 7. The van der Waals surface area contributed by atoms with Crippen molar-refractivity contribution in [1.82, 2.24) is 14.8 Å². The Bertz CT molecular complexity index is 1050. The highest BCUT2D eigenvalue weighted by Crippen LogP contribution is 2.38. The predicted molar refractivity (Wildman–Crippen MR) is 118 cm³/mol. The van der Waals surface area contributed by atoms with Crippen molar-refractivity contribution in [2.75, 3.05) is 17.7 Å². The summed E-state index contributed by atoms with van der Waals surface area (Å²) in [6, 6.07) is 9.67. The van der Waals surface area contributed by atoms with E-state index in [1.807, 2.05) is 30.3 Å². The van der Waals surface area contributed by atoms with E-state index in [0.29, 0.717) is 22.3 Å². The van der Waals surface area contributed by atoms with E-state index in [1.54, 1.807) is 17.9 Å². The molecule has 1 N–H and O–H groups in total. The lowest BCUT2D eigenvalue weighted by Gasteiger charge is -2.12. The summed E-state index contributed by atoms with van der Waals surface area (Å²) in [6.45, 7) is 2.09. The van der Waals surface area contributed by atoms with Crippen molar-refractivity contribution < 1.29 is 14.3 Å². The second-order valence-corrected chi connectivity index (χ2v) is 8.83. The number of aromatic nitrogens is 3. The van der Waals surface area contributed by atoms with Gasteiger partial charge >= 0.3 is 5.97 Å². The molecule has 0 bridgehead atoms. The molecule has 0 saturated heterocycles. The fourth-order valence-electron chi connectivity index (χ4n) is 3.39. The average Bonchev–Trinajstić information content (AvgIpc) is 3.37. The first-order valence-corrected chi connectivity index (χ1v) is 11.7. The van der Waals surface area contributed by atoms with E-state index in [9.17, 15) is 9.59 Å². The molecule has 2 aromatic heterocycles. The van der Waals surface area contributed by atoms with Gasteiger partial charge in [-0.05, 0) is 50.3 Å². The number of anilines is 1. The van der Waals surface area contributed by atoms with Crippen LogP contribution in [0, 0.1) is 0 Å². The highest BCUT2D eigenvalue weighted by molar-refractivity contribution is 7.99. The number of carbonyl (C=O) groups is 2. The number of nitrogens with one attached hydrogen (secondary N) is 1. The molecular formula is C21H22N4O3S2. The van der Waals surface area contributed by atoms with Crippen LogP contribution in [0.3, 0.4) is 0 Å². The van der Waals surface area contributed by atoms with E-state index in [-0.39, 0.29) is 17.6 Å². The van der Waals surface area contributed by atoms with Gasteiger partial charge in [-0.2, -0.15) is 0 Å². The number of amides is 1. The molecule has 0 unspecified atom stereocenters. The number of hydrogen-bond donors (Lipinski definition) is 1. The number of thioether (sulfide) groups is 1. The largest absolute Gasteiger partial charge is 0.462 e. The quantitative estimate of drug-likeness (QED) is 0.438. The Morgan fingerprint density at radius 3 is 2.83 bits per heavy atom. The molecule has 1 amide bonds. The van der Waals surface area contributed by atoms with Crippen LogP contribution in [0.1, 0.15) is 40.6 Å². The minimum absolute atomic E-state index is 0.156. The van der Waals surface area contributed by atoms with Crippen molar-refractivity contribution in [3.05, 3.63) is 52.7 Å². The fraction of sp³-hybridized carbons (Fsp3) is 0.333. The van der Waals surface area contributed by atoms with Crippen LogP contribution in [-0.4, -0.2) is 39.0 Å². The van der Waals surface area contributed by atoms with Crippen molar-refractivity contribution in [2.45, 2.75) is 37.8 Å². The summed E-state index contributed by atoms with van der Waals surface area (Å²) in [5.41, 5.74) is 2.47. The Labute approximate surface area is 182 Å². The first kappa shape index (κ1) is 20.6. The smallest absolute Gasteiger partial charge is 0.341 e. The van der Waals surface area contributed by atoms with Gasteiger partial charge in [0.2, 0.25) is 11.1 Å². The molecule has 30 heavy (non-hydrogen) atoms. The number of benzene rings is 1. The van der Waals surface area contributed by atoms with Crippen LogP contribution in [0.2, 0.25) is 0 Å². The third kappa shape index (κ3) is 4.57. The molecule has 0 aliphatic heterocycles. The summed E-state index contributed by atoms with van der Waals surface area (Å²) >= 11 is 2.75. The number of fused-ring (bicyclic) bond motifs is 1. The summed E-state index contributed by atoms with van der Waals surface area (Å²) in [6.07, 6.45) is 5.58. The van der Waals surface area contributed by atoms with Crippen LogP contribution in [0.4, 0.5) is 5.00 Å². The van der Waals surface area contributed by atoms with Gasteiger partial charge in [-0.1, -0.05) is 30.0 Å². The molecule has 0 saturated carbocycles. The predicted octanol–water partition coefficient (Wildman–Crippen LogP) is 4.12. The molecule has 4 rings (SSSR count). The molecule has 0 radical (unpaired) electrons. The van der Waals surface area contributed by atoms with Crippen molar-refractivity contribution in [2.24, 2.45) is 0 Å². The SMILES string of the molecule is CCOC(=O)c1c(NC(=O)CSc2ncn(-c3ccccc3)n2)sc2c1CCCC2. The zero-order valence-electron chi connectivity index (χ0n) is 16.6. The first-order valence-electron chi connectivity index (χ1n) is 9.87. The van der Waals surface area contributed by atoms with Crippen LogP contribution in [0.15, 0.2) is 41.8 Å². The Hall–Kier alpha value is -2.65. The topological polar surface area (TPSA) is 86.1 Å². The third-order valence-corrected chi connectivity index (χ3v) is 6.79. The number of esters is 1. The van der Waals surface area contributed by atoms with E-state index in [1.165, 1.54) is 28.0 Å². The van der Waals surface area contributed by atoms with Crippen LogP contribution in [0.25, 0.3) is 5.69 Å². The number of aryl methyl sites for hydroxylation is 1. The van der Waals surface area contributed by atoms with E-state index in [2.05, 4.69) is 15.4 Å². The summed E-state index contributed by atoms with van der Waals surface area (Å²) in [5, 5.41) is 8.42. The Balaban J connectivity index is 1.43. The Kier molecular flexibility index (Phi) is 6.49. The third-order valence-electron chi connectivity index (χ3n) is 4.73. The monoisotopic (exact) mass is 442 g/mol. The van der Waals surface area contributed by atoms with Gasteiger partial charge in [0, 0.05) is 4.88 Å². The minimum Gasteiger partial charge on any atom is -0.462 e. The summed E-state index contributed by atoms with van der Waals surface area (Å²) < 4.78 is 6.91. The summed E-state index contributed by atoms with van der Waals surface area (Å²) in [4.78, 5) is 30.5. The maximum atomic E-state index is 12.6. The van der Waals surface area contributed by atoms with Gasteiger partial charge in [0.05, 0.1) is 23.6 Å². The van der Waals surface area contributed by atoms with Gasteiger partial charge in [-0.15, -0.1) is 16.4 Å². The van der Waals surface area contributed by atoms with Gasteiger partial charge in [0.1, 0.15) is 11.3 Å². The molecular weight excluding hydrogens is 420 g/mol. The lowest BCUT2D eigenvalue weighted by atomic mass is 9.95. The molecule has 9 heteroatoms. The maximum absolute atomic E-state index is 12.6. The van der Waals surface area contributed by atoms with E-state index in [4.69, 9.17) is 4.74 Å². The second kappa shape index (κ2) is 9.44. The number of para-hydroxylation sites is 1. The number of ether oxygens (including phenoxy) is 1. The standard InChI is InChI=1S/C21H22N4O3S2/c1-2-28-20(27)18-15-10-6-7-11-16(15)30-19(18)23-17(26)12-29-21-22-13-25(24-21)14-8-4-3-5-9-14/h3-5,8-9,13H,2,6-7,10-12H2,1H3,(H,23,26). The zero-order chi connectivity index (χ0) is 20.9. The van der Waals surface area contributed by atoms with Crippen LogP contribution in [-0.2, 0) is 22.4 Å². The van der Waals surface area contributed by atoms with Gasteiger partial charge in [0.15, 0.2) is 0 Å². The van der Waals surface area contributed by atoms with Gasteiger partial charge in [-0.3, -0.25) is 4.79 Å². The zero-order valence-corrected chi connectivity index (χ0v) is 18.2. The normalized spacial score (nSPS) is 13.0. The highest BCUT2D eigenvalue weighted by Gasteiger charge is 2.27. The van der Waals surface area contributed by atoms with Crippen molar-refractivity contribution in [3.8, 4) is 5.69 Å². The molecule has 7 nitrogen and oxygen atoms in total. The average molecular weight is 443 g/mol. The Morgan fingerprint density at radius 1 is 1.23 bits per heavy atom. The molecule has 1 aliphatic rings. The maximum Gasteiger partial charge on any atom is 0.341 e. The molecule has 2 heterocycles. The number of carbonyl (C=O) groups excluding carboxylic acids is 2. The molecule has 3 aromatic rings. The highest BCUT2D eigenvalue weighted by atomic mass is 32.2. The van der Waals surface area contributed by atoms with Crippen molar-refractivity contribution in [1.29, 1.82) is 0 Å². The van der Waals surface area contributed by atoms with Gasteiger partial charge in [0.25, 0.3) is 0 Å². The van der Waals surface area contributed by atoms with E-state index < -0.39 is 0 Å². The van der Waals surface area contributed by atoms with E-state index in [0.717, 1.165) is 36.9 Å². The fourth-order valence-corrected chi connectivity index (χ4v) is 5.28. The molecule has 0 fully saturated rings. The van der Waals surface area contributed by atoms with Crippen LogP contribution in [0.5, 0.6) is 0 Å². The summed E-state index contributed by atoms with van der Waals surface area (Å²) in [5.74, 6) is -0.396. The molecule has 0 atom stereocenters. The molecule has 1 aliphatic carbocycles. The number of hydrogen-bond acceptors (Lipinski definition) is 7. The van der Waals surface area contributed by atoms with Gasteiger partial charge < -0.3 is 10.1 Å². The number of thiophene rings is 1. The molecule has 1 aromatic carbocycles. The van der Waals surface area contributed by atoms with Gasteiger partial charge in [-0.25, -0.2) is 14.5 Å². The number of nitrogens with zero attached hydrogens (tertiary/aromatic N) is 3. The first-order chi connectivity index (χ1) is 14.7.